The Balaban J connectivity index is 1.34. The van der Waals surface area contributed by atoms with Gasteiger partial charge in [0.25, 0.3) is 0 Å². The molecule has 2 heterocycles. The lowest BCUT2D eigenvalue weighted by Crippen LogP contribution is -2.52. The van der Waals surface area contributed by atoms with Crippen molar-refractivity contribution in [3.8, 4) is 5.75 Å². The highest BCUT2D eigenvalue weighted by Gasteiger charge is 2.31. The zero-order valence-electron chi connectivity index (χ0n) is 17.9. The lowest BCUT2D eigenvalue weighted by molar-refractivity contribution is -0.137. The molecular formula is C23H23ClF3N3O2S. The molecule has 5 nitrogen and oxygen atoms in total. The van der Waals surface area contributed by atoms with E-state index in [0.29, 0.717) is 34.0 Å². The summed E-state index contributed by atoms with van der Waals surface area (Å²) < 4.78 is 45.4. The molecule has 0 spiro atoms. The first-order valence-electron chi connectivity index (χ1n) is 10.6. The summed E-state index contributed by atoms with van der Waals surface area (Å²) in [4.78, 5) is 19.7. The number of ether oxygens (including phenoxy) is 1. The fraction of sp³-hybridized carbons (Fsp3) is 0.391. The summed E-state index contributed by atoms with van der Waals surface area (Å²) in [5.41, 5.74) is 0.746. The predicted octanol–water partition coefficient (Wildman–Crippen LogP) is 5.30. The van der Waals surface area contributed by atoms with E-state index in [-0.39, 0.29) is 6.04 Å². The monoisotopic (exact) mass is 497 g/mol. The number of carbonyl (C=O) groups excluding carboxylic acids is 1. The topological polar surface area (TPSA) is 45.7 Å². The number of nitrogens with zero attached hydrogens (tertiary/aromatic N) is 3. The lowest BCUT2D eigenvalue weighted by atomic mass is 10.1. The van der Waals surface area contributed by atoms with E-state index in [1.807, 2.05) is 6.07 Å². The minimum atomic E-state index is -4.36. The van der Waals surface area contributed by atoms with Crippen LogP contribution in [0.5, 0.6) is 5.75 Å². The Kier molecular flexibility index (Phi) is 7.11. The lowest BCUT2D eigenvalue weighted by Gasteiger charge is -2.39. The Morgan fingerprint density at radius 3 is 2.79 bits per heavy atom. The fourth-order valence-electron chi connectivity index (χ4n) is 3.92. The number of hydrogen-bond donors (Lipinski definition) is 0. The van der Waals surface area contributed by atoms with Gasteiger partial charge in [-0.25, -0.2) is 4.98 Å². The van der Waals surface area contributed by atoms with Crippen LogP contribution in [0.2, 0.25) is 5.02 Å². The number of thiazole rings is 1. The highest BCUT2D eigenvalue weighted by Crippen LogP contribution is 2.35. The summed E-state index contributed by atoms with van der Waals surface area (Å²) in [6.45, 7) is 5.57. The average molecular weight is 498 g/mol. The SMILES string of the molecule is C[C@H]1CN(c2nc3ccc(C(F)(F)F)cc3s2)CCN1CCOc1cc(Cl)cc(CC=O)c1. The molecule has 0 aliphatic carbocycles. The third-order valence-corrected chi connectivity index (χ3v) is 6.93. The van der Waals surface area contributed by atoms with Gasteiger partial charge in [0.15, 0.2) is 5.13 Å². The van der Waals surface area contributed by atoms with Crippen molar-refractivity contribution in [2.75, 3.05) is 37.7 Å². The van der Waals surface area contributed by atoms with Gasteiger partial charge in [-0.2, -0.15) is 13.2 Å². The highest BCUT2D eigenvalue weighted by molar-refractivity contribution is 7.22. The van der Waals surface area contributed by atoms with Gasteiger partial charge in [0.2, 0.25) is 0 Å². The standard InChI is InChI=1S/C23H23ClF3N3O2S/c1-15-14-30(22-28-20-3-2-17(23(25,26)27)12-21(20)33-22)6-5-29(15)7-9-32-19-11-16(4-8-31)10-18(24)13-19/h2-3,8,10-13,15H,4-7,9,14H2,1H3/t15-/m0/s1. The Hall–Kier alpha value is -2.36. The Morgan fingerprint density at radius 1 is 1.24 bits per heavy atom. The fourth-order valence-corrected chi connectivity index (χ4v) is 5.21. The second-order valence-electron chi connectivity index (χ2n) is 8.02. The number of anilines is 1. The zero-order chi connectivity index (χ0) is 23.6. The number of hydrogen-bond acceptors (Lipinski definition) is 6. The second kappa shape index (κ2) is 9.87. The van der Waals surface area contributed by atoms with Crippen LogP contribution >= 0.6 is 22.9 Å². The van der Waals surface area contributed by atoms with Crippen LogP contribution in [0.4, 0.5) is 18.3 Å². The van der Waals surface area contributed by atoms with Gasteiger partial charge >= 0.3 is 6.18 Å². The highest BCUT2D eigenvalue weighted by atomic mass is 35.5. The van der Waals surface area contributed by atoms with Crippen LogP contribution in [0.15, 0.2) is 36.4 Å². The molecule has 1 atom stereocenters. The van der Waals surface area contributed by atoms with Crippen molar-refractivity contribution in [2.45, 2.75) is 25.6 Å². The molecule has 33 heavy (non-hydrogen) atoms. The molecule has 176 valence electrons. The maximum Gasteiger partial charge on any atom is 0.416 e. The van der Waals surface area contributed by atoms with Gasteiger partial charge in [0, 0.05) is 43.7 Å². The molecule has 0 unspecified atom stereocenters. The summed E-state index contributed by atoms with van der Waals surface area (Å²) in [5, 5.41) is 1.28. The number of carbonyl (C=O) groups is 1. The van der Waals surface area contributed by atoms with Crippen LogP contribution in [0.25, 0.3) is 10.2 Å². The first-order chi connectivity index (χ1) is 15.7. The van der Waals surface area contributed by atoms with E-state index in [4.69, 9.17) is 16.3 Å². The van der Waals surface area contributed by atoms with Gasteiger partial charge in [-0.1, -0.05) is 22.9 Å². The second-order valence-corrected chi connectivity index (χ2v) is 9.47. The maximum absolute atomic E-state index is 13.0. The molecule has 0 saturated carbocycles. The van der Waals surface area contributed by atoms with Crippen LogP contribution in [-0.2, 0) is 17.4 Å². The summed E-state index contributed by atoms with van der Waals surface area (Å²) >= 11 is 7.39. The van der Waals surface area contributed by atoms with E-state index in [2.05, 4.69) is 21.7 Å². The number of benzene rings is 2. The Morgan fingerprint density at radius 2 is 2.06 bits per heavy atom. The van der Waals surface area contributed by atoms with Crippen LogP contribution in [0.3, 0.4) is 0 Å². The predicted molar refractivity (Wildman–Crippen MR) is 125 cm³/mol. The quantitative estimate of drug-likeness (QED) is 0.414. The van der Waals surface area contributed by atoms with Gasteiger partial charge < -0.3 is 14.4 Å². The van der Waals surface area contributed by atoms with Gasteiger partial charge in [-0.05, 0) is 48.9 Å². The summed E-state index contributed by atoms with van der Waals surface area (Å²) in [6, 6.07) is 9.21. The first-order valence-corrected chi connectivity index (χ1v) is 11.7. The van der Waals surface area contributed by atoms with E-state index in [9.17, 15) is 18.0 Å². The molecule has 2 aromatic carbocycles. The van der Waals surface area contributed by atoms with Gasteiger partial charge in [-0.3, -0.25) is 4.90 Å². The van der Waals surface area contributed by atoms with Crippen molar-refractivity contribution in [3.63, 3.8) is 0 Å². The molecular weight excluding hydrogens is 475 g/mol. The van der Waals surface area contributed by atoms with Crippen molar-refractivity contribution in [1.29, 1.82) is 0 Å². The molecule has 0 N–H and O–H groups in total. The van der Waals surface area contributed by atoms with Crippen LogP contribution < -0.4 is 9.64 Å². The van der Waals surface area contributed by atoms with E-state index in [0.717, 1.165) is 49.2 Å². The molecule has 0 bridgehead atoms. The van der Waals surface area contributed by atoms with E-state index in [1.54, 1.807) is 12.1 Å². The molecule has 10 heteroatoms. The van der Waals surface area contributed by atoms with E-state index in [1.165, 1.54) is 23.5 Å². The van der Waals surface area contributed by atoms with Crippen LogP contribution in [0.1, 0.15) is 18.1 Å². The zero-order valence-corrected chi connectivity index (χ0v) is 19.5. The van der Waals surface area contributed by atoms with Gasteiger partial charge in [0.1, 0.15) is 18.6 Å². The molecule has 0 radical (unpaired) electrons. The number of alkyl halides is 3. The van der Waals surface area contributed by atoms with Crippen LogP contribution in [-0.4, -0.2) is 55.0 Å². The maximum atomic E-state index is 13.0. The molecule has 1 fully saturated rings. The Labute approximate surface area is 198 Å². The minimum Gasteiger partial charge on any atom is -0.492 e. The summed E-state index contributed by atoms with van der Waals surface area (Å²) in [6.07, 6.45) is -3.24. The number of fused-ring (bicyclic) bond motifs is 1. The van der Waals surface area contributed by atoms with Crippen molar-refractivity contribution >= 4 is 44.6 Å². The molecule has 1 aromatic heterocycles. The molecule has 1 aliphatic heterocycles. The number of aromatic nitrogens is 1. The number of halogens is 4. The van der Waals surface area contributed by atoms with Crippen molar-refractivity contribution in [1.82, 2.24) is 9.88 Å². The molecule has 4 rings (SSSR count). The summed E-state index contributed by atoms with van der Waals surface area (Å²) in [5.74, 6) is 0.637. The van der Waals surface area contributed by atoms with Crippen molar-refractivity contribution < 1.29 is 22.7 Å². The van der Waals surface area contributed by atoms with E-state index < -0.39 is 11.7 Å². The molecule has 1 aliphatic rings. The smallest absolute Gasteiger partial charge is 0.416 e. The Bertz CT molecular complexity index is 1140. The number of piperazine rings is 1. The largest absolute Gasteiger partial charge is 0.492 e. The normalized spacial score (nSPS) is 17.5. The number of rotatable bonds is 7. The van der Waals surface area contributed by atoms with Crippen molar-refractivity contribution in [3.05, 3.63) is 52.5 Å². The summed E-state index contributed by atoms with van der Waals surface area (Å²) in [7, 11) is 0. The number of aldehydes is 1. The third kappa shape index (κ3) is 5.77. The van der Waals surface area contributed by atoms with Crippen molar-refractivity contribution in [2.24, 2.45) is 0 Å². The van der Waals surface area contributed by atoms with Gasteiger partial charge in [0.05, 0.1) is 15.8 Å². The van der Waals surface area contributed by atoms with Crippen LogP contribution in [0, 0.1) is 0 Å². The minimum absolute atomic E-state index is 0.227. The molecule has 0 amide bonds. The third-order valence-electron chi connectivity index (χ3n) is 5.64. The van der Waals surface area contributed by atoms with Gasteiger partial charge in [-0.15, -0.1) is 0 Å². The molecule has 3 aromatic rings. The average Bonchev–Trinajstić information content (AvgIpc) is 3.17. The first kappa shape index (κ1) is 23.8. The molecule has 1 saturated heterocycles. The van der Waals surface area contributed by atoms with E-state index >= 15 is 0 Å².